The molecule has 0 saturated carbocycles. The quantitative estimate of drug-likeness (QED) is 0.803. The Morgan fingerprint density at radius 3 is 2.43 bits per heavy atom. The van der Waals surface area contributed by atoms with E-state index in [2.05, 4.69) is 4.90 Å². The van der Waals surface area contributed by atoms with E-state index >= 15 is 0 Å². The zero-order valence-electron chi connectivity index (χ0n) is 15.0. The molecule has 2 heterocycles. The van der Waals surface area contributed by atoms with Crippen molar-refractivity contribution >= 4 is 5.91 Å². The molecule has 0 atom stereocenters. The molecule has 1 amide bonds. The van der Waals surface area contributed by atoms with Crippen molar-refractivity contribution in [2.75, 3.05) is 33.0 Å². The van der Waals surface area contributed by atoms with Crippen LogP contribution in [0.2, 0.25) is 0 Å². The largest absolute Gasteiger partial charge is 0.454 e. The number of amides is 1. The lowest BCUT2D eigenvalue weighted by molar-refractivity contribution is -0.138. The van der Waals surface area contributed by atoms with Crippen molar-refractivity contribution in [1.29, 1.82) is 0 Å². The second-order valence-electron chi connectivity index (χ2n) is 6.80. The zero-order chi connectivity index (χ0) is 19.7. The summed E-state index contributed by atoms with van der Waals surface area (Å²) >= 11 is 0. The Morgan fingerprint density at radius 1 is 0.964 bits per heavy atom. The van der Waals surface area contributed by atoms with E-state index in [0.29, 0.717) is 32.7 Å². The Morgan fingerprint density at radius 2 is 1.68 bits per heavy atom. The summed E-state index contributed by atoms with van der Waals surface area (Å²) in [6.45, 7) is 2.85. The summed E-state index contributed by atoms with van der Waals surface area (Å²) in [4.78, 5) is 16.3. The van der Waals surface area contributed by atoms with Crippen LogP contribution in [-0.2, 0) is 12.7 Å². The van der Waals surface area contributed by atoms with E-state index < -0.39 is 17.6 Å². The molecule has 0 aliphatic carbocycles. The van der Waals surface area contributed by atoms with E-state index in [1.807, 2.05) is 18.2 Å². The first-order valence-corrected chi connectivity index (χ1v) is 8.98. The van der Waals surface area contributed by atoms with Crippen molar-refractivity contribution in [3.05, 3.63) is 59.2 Å². The standard InChI is InChI=1S/C20H19F3N2O3/c21-20(22,23)16-4-2-1-3-15(16)19(26)25-9-7-24(8-10-25)12-14-5-6-17-18(11-14)28-13-27-17/h1-6,11H,7-10,12-13H2. The SMILES string of the molecule is O=C(c1ccccc1C(F)(F)F)N1CCN(Cc2ccc3c(c2)OCO3)CC1. The number of hydrogen-bond acceptors (Lipinski definition) is 4. The number of carbonyl (C=O) groups is 1. The van der Waals surface area contributed by atoms with Crippen LogP contribution in [0.25, 0.3) is 0 Å². The molecule has 8 heteroatoms. The second kappa shape index (κ2) is 7.35. The highest BCUT2D eigenvalue weighted by atomic mass is 19.4. The van der Waals surface area contributed by atoms with Gasteiger partial charge in [0.25, 0.3) is 5.91 Å². The lowest BCUT2D eigenvalue weighted by Gasteiger charge is -2.35. The van der Waals surface area contributed by atoms with E-state index in [-0.39, 0.29) is 12.4 Å². The molecule has 2 aromatic rings. The maximum absolute atomic E-state index is 13.2. The number of alkyl halides is 3. The van der Waals surface area contributed by atoms with E-state index in [1.54, 1.807) is 0 Å². The van der Waals surface area contributed by atoms with Crippen LogP contribution in [0.4, 0.5) is 13.2 Å². The topological polar surface area (TPSA) is 42.0 Å². The van der Waals surface area contributed by atoms with Gasteiger partial charge < -0.3 is 14.4 Å². The van der Waals surface area contributed by atoms with Gasteiger partial charge in [0.1, 0.15) is 0 Å². The first-order valence-electron chi connectivity index (χ1n) is 8.98. The van der Waals surface area contributed by atoms with Gasteiger partial charge in [0, 0.05) is 32.7 Å². The fraction of sp³-hybridized carbons (Fsp3) is 0.350. The molecule has 148 valence electrons. The van der Waals surface area contributed by atoms with Crippen LogP contribution in [0.5, 0.6) is 11.5 Å². The average molecular weight is 392 g/mol. The monoisotopic (exact) mass is 392 g/mol. The maximum atomic E-state index is 13.2. The Bertz CT molecular complexity index is 877. The Hall–Kier alpha value is -2.74. The molecule has 0 bridgehead atoms. The number of rotatable bonds is 3. The normalized spacial score (nSPS) is 17.0. The van der Waals surface area contributed by atoms with Gasteiger partial charge >= 0.3 is 6.18 Å². The third-order valence-corrected chi connectivity index (χ3v) is 4.97. The number of fused-ring (bicyclic) bond motifs is 1. The molecule has 5 nitrogen and oxygen atoms in total. The molecule has 2 aliphatic heterocycles. The van der Waals surface area contributed by atoms with Crippen LogP contribution in [0.3, 0.4) is 0 Å². The first-order chi connectivity index (χ1) is 13.4. The van der Waals surface area contributed by atoms with Crippen LogP contribution in [0.15, 0.2) is 42.5 Å². The van der Waals surface area contributed by atoms with Gasteiger partial charge in [-0.2, -0.15) is 13.2 Å². The first kappa shape index (κ1) is 18.6. The summed E-state index contributed by atoms with van der Waals surface area (Å²) in [5.41, 5.74) is -0.117. The molecule has 4 rings (SSSR count). The minimum atomic E-state index is -4.55. The predicted octanol–water partition coefficient (Wildman–Crippen LogP) is 3.39. The number of nitrogens with zero attached hydrogens (tertiary/aromatic N) is 2. The van der Waals surface area contributed by atoms with E-state index in [4.69, 9.17) is 9.47 Å². The molecule has 28 heavy (non-hydrogen) atoms. The molecule has 0 N–H and O–H groups in total. The molecular formula is C20H19F3N2O3. The van der Waals surface area contributed by atoms with Crippen molar-refractivity contribution < 1.29 is 27.4 Å². The van der Waals surface area contributed by atoms with Crippen LogP contribution >= 0.6 is 0 Å². The van der Waals surface area contributed by atoms with Gasteiger partial charge in [0.05, 0.1) is 11.1 Å². The summed E-state index contributed by atoms with van der Waals surface area (Å²) in [6.07, 6.45) is -4.55. The van der Waals surface area contributed by atoms with Crippen molar-refractivity contribution in [2.45, 2.75) is 12.7 Å². The Labute approximate surface area is 160 Å². The van der Waals surface area contributed by atoms with Crippen LogP contribution in [0, 0.1) is 0 Å². The number of carbonyl (C=O) groups excluding carboxylic acids is 1. The molecule has 0 unspecified atom stereocenters. The minimum Gasteiger partial charge on any atom is -0.454 e. The van der Waals surface area contributed by atoms with Gasteiger partial charge in [0.15, 0.2) is 11.5 Å². The average Bonchev–Trinajstić information content (AvgIpc) is 3.15. The number of piperazine rings is 1. The predicted molar refractivity (Wildman–Crippen MR) is 95.2 cm³/mol. The third kappa shape index (κ3) is 3.77. The van der Waals surface area contributed by atoms with Gasteiger partial charge in [0.2, 0.25) is 6.79 Å². The van der Waals surface area contributed by atoms with Crippen LogP contribution in [0.1, 0.15) is 21.5 Å². The fourth-order valence-electron chi connectivity index (χ4n) is 3.49. The molecule has 2 aromatic carbocycles. The van der Waals surface area contributed by atoms with Crippen molar-refractivity contribution in [3.8, 4) is 11.5 Å². The summed E-state index contributed by atoms with van der Waals surface area (Å²) in [7, 11) is 0. The van der Waals surface area contributed by atoms with Crippen LogP contribution in [-0.4, -0.2) is 48.7 Å². The second-order valence-corrected chi connectivity index (χ2v) is 6.80. The molecule has 0 aromatic heterocycles. The highest BCUT2D eigenvalue weighted by Gasteiger charge is 2.36. The van der Waals surface area contributed by atoms with E-state index in [0.717, 1.165) is 23.1 Å². The third-order valence-electron chi connectivity index (χ3n) is 4.97. The maximum Gasteiger partial charge on any atom is 0.417 e. The lowest BCUT2D eigenvalue weighted by atomic mass is 10.1. The van der Waals surface area contributed by atoms with Gasteiger partial charge in [-0.25, -0.2) is 0 Å². The van der Waals surface area contributed by atoms with Gasteiger partial charge in [-0.15, -0.1) is 0 Å². The summed E-state index contributed by atoms with van der Waals surface area (Å²) in [6, 6.07) is 10.7. The van der Waals surface area contributed by atoms with Gasteiger partial charge in [-0.1, -0.05) is 18.2 Å². The number of ether oxygens (including phenoxy) is 2. The smallest absolute Gasteiger partial charge is 0.417 e. The van der Waals surface area contributed by atoms with E-state index in [1.165, 1.54) is 23.1 Å². The molecule has 2 aliphatic rings. The fourth-order valence-corrected chi connectivity index (χ4v) is 3.49. The summed E-state index contributed by atoms with van der Waals surface area (Å²) in [5, 5.41) is 0. The van der Waals surface area contributed by atoms with Crippen molar-refractivity contribution in [1.82, 2.24) is 9.80 Å². The number of halogens is 3. The zero-order valence-corrected chi connectivity index (χ0v) is 15.0. The molecule has 0 spiro atoms. The van der Waals surface area contributed by atoms with Gasteiger partial charge in [-0.05, 0) is 29.8 Å². The number of benzene rings is 2. The van der Waals surface area contributed by atoms with Crippen molar-refractivity contribution in [3.63, 3.8) is 0 Å². The Balaban J connectivity index is 1.39. The highest BCUT2D eigenvalue weighted by Crippen LogP contribution is 2.34. The van der Waals surface area contributed by atoms with Crippen molar-refractivity contribution in [2.24, 2.45) is 0 Å². The summed E-state index contributed by atoms with van der Waals surface area (Å²) in [5.74, 6) is 0.869. The van der Waals surface area contributed by atoms with Crippen LogP contribution < -0.4 is 9.47 Å². The Kier molecular flexibility index (Phi) is 4.89. The molecule has 0 radical (unpaired) electrons. The molecule has 1 saturated heterocycles. The van der Waals surface area contributed by atoms with E-state index in [9.17, 15) is 18.0 Å². The highest BCUT2D eigenvalue weighted by molar-refractivity contribution is 5.96. The number of hydrogen-bond donors (Lipinski definition) is 0. The van der Waals surface area contributed by atoms with Gasteiger partial charge in [-0.3, -0.25) is 9.69 Å². The lowest BCUT2D eigenvalue weighted by Crippen LogP contribution is -2.48. The minimum absolute atomic E-state index is 0.221. The molecular weight excluding hydrogens is 373 g/mol. The summed E-state index contributed by atoms with van der Waals surface area (Å²) < 4.78 is 50.2. The molecule has 1 fully saturated rings.